The van der Waals surface area contributed by atoms with Gasteiger partial charge in [0.1, 0.15) is 18.9 Å². The van der Waals surface area contributed by atoms with E-state index in [1.54, 1.807) is 23.6 Å². The summed E-state index contributed by atoms with van der Waals surface area (Å²) in [5.41, 5.74) is 6.48. The number of nitrogens with two attached hydrogens (primary N) is 1. The first-order chi connectivity index (χ1) is 17.3. The predicted molar refractivity (Wildman–Crippen MR) is 136 cm³/mol. The second kappa shape index (κ2) is 14.3. The van der Waals surface area contributed by atoms with Crippen molar-refractivity contribution in [2.75, 3.05) is 13.2 Å². The van der Waals surface area contributed by atoms with Gasteiger partial charge in [-0.1, -0.05) is 44.2 Å². The van der Waals surface area contributed by atoms with Crippen LogP contribution in [0.25, 0.3) is 4.96 Å². The topological polar surface area (TPSA) is 150 Å². The molecule has 0 radical (unpaired) electrons. The molecule has 3 rings (SSSR count). The lowest BCUT2D eigenvalue weighted by molar-refractivity contribution is -0.126. The number of carbonyl (C=O) groups excluding carboxylic acids is 3. The molecule has 2 heterocycles. The molecule has 11 nitrogen and oxygen atoms in total. The van der Waals surface area contributed by atoms with Gasteiger partial charge in [-0.05, 0) is 19.4 Å². The number of thiazole rings is 1. The maximum absolute atomic E-state index is 12.7. The third-order valence-corrected chi connectivity index (χ3v) is 5.59. The van der Waals surface area contributed by atoms with E-state index in [-0.39, 0.29) is 32.1 Å². The highest BCUT2D eigenvalue weighted by molar-refractivity contribution is 7.15. The van der Waals surface area contributed by atoms with E-state index in [4.69, 9.17) is 15.2 Å². The monoisotopic (exact) mass is 518 g/mol. The first-order valence-corrected chi connectivity index (χ1v) is 12.5. The first kappa shape index (κ1) is 28.9. The average Bonchev–Trinajstić information content (AvgIpc) is 3.46. The molecule has 0 aliphatic heterocycles. The zero-order valence-corrected chi connectivity index (χ0v) is 21.8. The Labute approximate surface area is 214 Å². The van der Waals surface area contributed by atoms with Crippen molar-refractivity contribution in [3.8, 4) is 0 Å². The first-order valence-electron chi connectivity index (χ1n) is 11.7. The van der Waals surface area contributed by atoms with Crippen LogP contribution >= 0.6 is 11.3 Å². The Bertz CT molecular complexity index is 1110. The molecule has 1 atom stereocenters. The van der Waals surface area contributed by atoms with E-state index in [0.717, 1.165) is 5.56 Å². The van der Waals surface area contributed by atoms with Crippen molar-refractivity contribution in [3.05, 3.63) is 52.8 Å². The number of aromatic nitrogens is 3. The highest BCUT2D eigenvalue weighted by Gasteiger charge is 2.29. The van der Waals surface area contributed by atoms with Gasteiger partial charge in [-0.2, -0.15) is 0 Å². The van der Waals surface area contributed by atoms with Crippen LogP contribution in [0.5, 0.6) is 0 Å². The molecule has 36 heavy (non-hydrogen) atoms. The SMILES string of the molecule is CC.CC(C)(N)C(=O)NC(COCc1ccccc1)c1nnc2scc(COC(=O)NCCC=O)n12. The summed E-state index contributed by atoms with van der Waals surface area (Å²) >= 11 is 1.32. The van der Waals surface area contributed by atoms with Crippen molar-refractivity contribution >= 4 is 34.6 Å². The molecule has 3 aromatic rings. The van der Waals surface area contributed by atoms with E-state index in [2.05, 4.69) is 20.8 Å². The Morgan fingerprint density at radius 1 is 1.19 bits per heavy atom. The average molecular weight is 519 g/mol. The van der Waals surface area contributed by atoms with Crippen LogP contribution in [0.2, 0.25) is 0 Å². The van der Waals surface area contributed by atoms with Gasteiger partial charge < -0.3 is 30.6 Å². The molecule has 0 aliphatic carbocycles. The van der Waals surface area contributed by atoms with E-state index in [9.17, 15) is 14.4 Å². The Hall–Kier alpha value is -3.35. The van der Waals surface area contributed by atoms with Gasteiger partial charge in [-0.15, -0.1) is 21.5 Å². The van der Waals surface area contributed by atoms with Gasteiger partial charge in [0, 0.05) is 18.3 Å². The lowest BCUT2D eigenvalue weighted by Crippen LogP contribution is -2.51. The van der Waals surface area contributed by atoms with Crippen LogP contribution in [0.4, 0.5) is 4.79 Å². The summed E-state index contributed by atoms with van der Waals surface area (Å²) in [7, 11) is 0. The minimum atomic E-state index is -1.11. The fraction of sp³-hybridized carbons (Fsp3) is 0.458. The normalized spacial score (nSPS) is 11.8. The van der Waals surface area contributed by atoms with Crippen LogP contribution in [0.3, 0.4) is 0 Å². The predicted octanol–water partition coefficient (Wildman–Crippen LogP) is 2.74. The molecule has 2 aromatic heterocycles. The summed E-state index contributed by atoms with van der Waals surface area (Å²) in [4.78, 5) is 35.5. The highest BCUT2D eigenvalue weighted by Crippen LogP contribution is 2.22. The molecule has 1 aromatic carbocycles. The molecular weight excluding hydrogens is 484 g/mol. The number of rotatable bonds is 12. The second-order valence-electron chi connectivity index (χ2n) is 8.11. The molecule has 0 saturated heterocycles. The smallest absolute Gasteiger partial charge is 0.407 e. The van der Waals surface area contributed by atoms with Crippen LogP contribution in [0.1, 0.15) is 57.2 Å². The van der Waals surface area contributed by atoms with Crippen LogP contribution < -0.4 is 16.4 Å². The van der Waals surface area contributed by atoms with Crippen molar-refractivity contribution in [1.82, 2.24) is 25.2 Å². The van der Waals surface area contributed by atoms with E-state index >= 15 is 0 Å². The van der Waals surface area contributed by atoms with E-state index in [1.165, 1.54) is 11.3 Å². The van der Waals surface area contributed by atoms with Crippen LogP contribution in [0.15, 0.2) is 35.7 Å². The minimum Gasteiger partial charge on any atom is -0.443 e. The molecule has 0 bridgehead atoms. The molecule has 4 N–H and O–H groups in total. The Morgan fingerprint density at radius 3 is 2.58 bits per heavy atom. The highest BCUT2D eigenvalue weighted by atomic mass is 32.1. The fourth-order valence-electron chi connectivity index (χ4n) is 2.94. The zero-order valence-electron chi connectivity index (χ0n) is 21.0. The third-order valence-electron chi connectivity index (χ3n) is 4.73. The Balaban J connectivity index is 0.00000222. The second-order valence-corrected chi connectivity index (χ2v) is 8.95. The molecule has 0 saturated carbocycles. The summed E-state index contributed by atoms with van der Waals surface area (Å²) in [5, 5.41) is 15.6. The van der Waals surface area contributed by atoms with Crippen LogP contribution in [-0.2, 0) is 32.3 Å². The van der Waals surface area contributed by atoms with Crippen molar-refractivity contribution < 1.29 is 23.9 Å². The van der Waals surface area contributed by atoms with Gasteiger partial charge in [0.2, 0.25) is 10.9 Å². The van der Waals surface area contributed by atoms with Gasteiger partial charge in [0.15, 0.2) is 5.82 Å². The van der Waals surface area contributed by atoms with Gasteiger partial charge >= 0.3 is 6.09 Å². The molecular formula is C24H34N6O5S. The van der Waals surface area contributed by atoms with Crippen molar-refractivity contribution in [3.63, 3.8) is 0 Å². The number of nitrogens with zero attached hydrogens (tertiary/aromatic N) is 3. The van der Waals surface area contributed by atoms with Crippen LogP contribution in [0, 0.1) is 0 Å². The molecule has 196 valence electrons. The summed E-state index contributed by atoms with van der Waals surface area (Å²) in [6.45, 7) is 7.84. The van der Waals surface area contributed by atoms with E-state index < -0.39 is 17.7 Å². The number of alkyl carbamates (subject to hydrolysis) is 1. The number of aldehydes is 1. The number of nitrogens with one attached hydrogen (secondary N) is 2. The zero-order chi connectivity index (χ0) is 26.6. The lowest BCUT2D eigenvalue weighted by Gasteiger charge is -2.23. The van der Waals surface area contributed by atoms with Gasteiger partial charge in [-0.25, -0.2) is 4.79 Å². The number of hydrogen-bond donors (Lipinski definition) is 3. The summed E-state index contributed by atoms with van der Waals surface area (Å²) in [5.74, 6) is 0.0574. The van der Waals surface area contributed by atoms with Gasteiger partial charge in [-0.3, -0.25) is 9.20 Å². The summed E-state index contributed by atoms with van der Waals surface area (Å²) in [6, 6.07) is 9.00. The minimum absolute atomic E-state index is 0.0497. The number of fused-ring (bicyclic) bond motifs is 1. The number of benzene rings is 1. The number of amides is 2. The maximum Gasteiger partial charge on any atom is 0.407 e. The Kier molecular flexibility index (Phi) is 11.4. The summed E-state index contributed by atoms with van der Waals surface area (Å²) < 4.78 is 12.9. The molecule has 12 heteroatoms. The van der Waals surface area contributed by atoms with Crippen molar-refractivity contribution in [2.45, 2.75) is 58.9 Å². The number of carbonyl (C=O) groups is 3. The van der Waals surface area contributed by atoms with Gasteiger partial charge in [0.25, 0.3) is 0 Å². The maximum atomic E-state index is 12.7. The van der Waals surface area contributed by atoms with E-state index in [1.807, 2.05) is 44.2 Å². The summed E-state index contributed by atoms with van der Waals surface area (Å²) in [6.07, 6.45) is 0.273. The molecule has 1 unspecified atom stereocenters. The van der Waals surface area contributed by atoms with Gasteiger partial charge in [0.05, 0.1) is 24.4 Å². The molecule has 2 amide bonds. The largest absolute Gasteiger partial charge is 0.443 e. The molecule has 0 fully saturated rings. The number of ether oxygens (including phenoxy) is 2. The molecule has 0 spiro atoms. The molecule has 0 aliphatic rings. The standard InChI is InChI=1S/C22H28N6O5S.C2H6/c1-22(2,23)19(30)25-17(13-32-11-15-7-4-3-5-8-15)18-26-27-20-28(18)16(14-34-20)12-33-21(31)24-9-6-10-29;1-2/h3-5,7-8,10,14,17H,6,9,11-13,23H2,1-2H3,(H,24,31)(H,25,30);1-2H3. The van der Waals surface area contributed by atoms with Crippen molar-refractivity contribution in [1.29, 1.82) is 0 Å². The van der Waals surface area contributed by atoms with Crippen molar-refractivity contribution in [2.24, 2.45) is 5.73 Å². The fourth-order valence-corrected chi connectivity index (χ4v) is 3.76. The number of hydrogen-bond acceptors (Lipinski definition) is 9. The van der Waals surface area contributed by atoms with E-state index in [0.29, 0.717) is 29.4 Å². The lowest BCUT2D eigenvalue weighted by atomic mass is 10.1. The third kappa shape index (κ3) is 8.40. The Morgan fingerprint density at radius 2 is 1.92 bits per heavy atom. The van der Waals surface area contributed by atoms with Crippen LogP contribution in [-0.4, -0.2) is 51.6 Å². The quantitative estimate of drug-likeness (QED) is 0.245.